The Kier molecular flexibility index (Phi) is 5.92. The van der Waals surface area contributed by atoms with Crippen molar-refractivity contribution in [3.63, 3.8) is 0 Å². The number of benzene rings is 2. The van der Waals surface area contributed by atoms with Crippen molar-refractivity contribution in [2.45, 2.75) is 32.0 Å². The molecule has 1 aromatic heterocycles. The van der Waals surface area contributed by atoms with Gasteiger partial charge in [0, 0.05) is 66.4 Å². The number of aliphatic hydroxyl groups is 1. The smallest absolute Gasteiger partial charge is 0.295 e. The highest BCUT2D eigenvalue weighted by Gasteiger charge is 2.57. The molecule has 2 aliphatic rings. The molecule has 1 fully saturated rings. The number of carbonyl (C=O) groups excluding carboxylic acids is 1. The first-order valence-corrected chi connectivity index (χ1v) is 12.6. The summed E-state index contributed by atoms with van der Waals surface area (Å²) in [6.45, 7) is 7.93. The van der Waals surface area contributed by atoms with Crippen LogP contribution in [0.15, 0.2) is 60.9 Å². The molecule has 1 aliphatic heterocycles. The maximum atomic E-state index is 15.2. The molecular formula is C28H30F2N3O2P. The molecular weight excluding hydrogens is 479 g/mol. The third-order valence-electron chi connectivity index (χ3n) is 7.13. The topological polar surface area (TPSA) is 56.7 Å². The average Bonchev–Trinajstić information content (AvgIpc) is 3.13. The van der Waals surface area contributed by atoms with Gasteiger partial charge in [-0.1, -0.05) is 60.3 Å². The van der Waals surface area contributed by atoms with Gasteiger partial charge in [-0.2, -0.15) is 8.78 Å². The van der Waals surface area contributed by atoms with Crippen LogP contribution in [0, 0.1) is 5.41 Å². The van der Waals surface area contributed by atoms with Crippen molar-refractivity contribution in [3.8, 4) is 22.3 Å². The van der Waals surface area contributed by atoms with E-state index >= 15 is 8.78 Å². The Morgan fingerprint density at radius 1 is 1.00 bits per heavy atom. The van der Waals surface area contributed by atoms with E-state index in [9.17, 15) is 9.90 Å². The van der Waals surface area contributed by atoms with E-state index in [0.29, 0.717) is 37.3 Å². The molecule has 2 heterocycles. The average molecular weight is 510 g/mol. The molecule has 3 aromatic rings. The fourth-order valence-corrected chi connectivity index (χ4v) is 5.61. The molecule has 1 N–H and O–H groups in total. The number of nitrogens with zero attached hydrogens (tertiary/aromatic N) is 3. The minimum Gasteiger partial charge on any atom is -0.374 e. The number of hydrogen-bond acceptors (Lipinski definition) is 4. The van der Waals surface area contributed by atoms with Crippen LogP contribution in [0.5, 0.6) is 0 Å². The summed E-state index contributed by atoms with van der Waals surface area (Å²) in [6, 6.07) is 14.2. The maximum absolute atomic E-state index is 15.2. The lowest BCUT2D eigenvalue weighted by molar-refractivity contribution is -0.139. The first-order chi connectivity index (χ1) is 16.9. The van der Waals surface area contributed by atoms with E-state index in [2.05, 4.69) is 9.88 Å². The van der Waals surface area contributed by atoms with Crippen LogP contribution in [0.25, 0.3) is 22.3 Å². The highest BCUT2D eigenvalue weighted by molar-refractivity contribution is 7.18. The molecule has 1 aliphatic carbocycles. The van der Waals surface area contributed by atoms with E-state index in [1.807, 2.05) is 43.9 Å². The van der Waals surface area contributed by atoms with Gasteiger partial charge < -0.3 is 14.9 Å². The summed E-state index contributed by atoms with van der Waals surface area (Å²) in [5.74, 6) is 0.0969. The normalized spacial score (nSPS) is 19.8. The third kappa shape index (κ3) is 3.89. The highest BCUT2D eigenvalue weighted by Crippen LogP contribution is 2.59. The highest BCUT2D eigenvalue weighted by atomic mass is 31.0. The molecule has 1 amide bonds. The second-order valence-corrected chi connectivity index (χ2v) is 11.3. The van der Waals surface area contributed by atoms with E-state index < -0.39 is 16.7 Å². The number of hydrogen-bond donors (Lipinski definition) is 1. The molecule has 2 unspecified atom stereocenters. The molecule has 1 saturated heterocycles. The van der Waals surface area contributed by atoms with Crippen molar-refractivity contribution in [3.05, 3.63) is 72.1 Å². The van der Waals surface area contributed by atoms with Crippen molar-refractivity contribution >= 4 is 20.8 Å². The quantitative estimate of drug-likeness (QED) is 0.498. The third-order valence-corrected chi connectivity index (χ3v) is 7.55. The summed E-state index contributed by atoms with van der Waals surface area (Å²) >= 11 is 0. The van der Waals surface area contributed by atoms with Crippen LogP contribution in [-0.2, 0) is 10.4 Å². The van der Waals surface area contributed by atoms with Crippen LogP contribution in [0.4, 0.5) is 14.5 Å². The number of aromatic nitrogens is 1. The zero-order chi connectivity index (χ0) is 25.9. The number of piperazine rings is 1. The molecule has 8 heteroatoms. The van der Waals surface area contributed by atoms with Crippen LogP contribution in [0.2, 0.25) is 0 Å². The molecule has 5 rings (SSSR count). The minimum atomic E-state index is -3.50. The first kappa shape index (κ1) is 24.8. The van der Waals surface area contributed by atoms with Gasteiger partial charge in [0.25, 0.3) is 5.66 Å². The first-order valence-electron chi connectivity index (χ1n) is 12.0. The predicted octanol–water partition coefficient (Wildman–Crippen LogP) is 5.13. The van der Waals surface area contributed by atoms with Gasteiger partial charge in [0.1, 0.15) is 0 Å². The maximum Gasteiger partial charge on any atom is 0.295 e. The van der Waals surface area contributed by atoms with Crippen LogP contribution in [0.3, 0.4) is 0 Å². The van der Waals surface area contributed by atoms with Crippen molar-refractivity contribution in [1.82, 2.24) is 9.88 Å². The number of rotatable bonds is 3. The van der Waals surface area contributed by atoms with E-state index in [1.165, 1.54) is 9.24 Å². The van der Waals surface area contributed by atoms with E-state index in [0.717, 1.165) is 16.8 Å². The van der Waals surface area contributed by atoms with Gasteiger partial charge in [0.2, 0.25) is 5.91 Å². The number of anilines is 1. The number of pyridine rings is 1. The Morgan fingerprint density at radius 2 is 1.69 bits per heavy atom. The van der Waals surface area contributed by atoms with Gasteiger partial charge in [0.15, 0.2) is 5.60 Å². The SMILES string of the molecule is CC(C)(C)C(=O)N1CCN(c2cc(-c3cccnc3)c3c(c2)C(O)(C(F)(F)P)c2ccccc2-3)CC1. The number of fused-ring (bicyclic) bond motifs is 3. The molecule has 188 valence electrons. The molecule has 36 heavy (non-hydrogen) atoms. The molecule has 0 bridgehead atoms. The summed E-state index contributed by atoms with van der Waals surface area (Å²) < 4.78 is 30.3. The fourth-order valence-electron chi connectivity index (χ4n) is 5.30. The van der Waals surface area contributed by atoms with Crippen LogP contribution in [0.1, 0.15) is 31.9 Å². The zero-order valence-corrected chi connectivity index (χ0v) is 21.8. The van der Waals surface area contributed by atoms with E-state index in [-0.39, 0.29) is 17.0 Å². The Bertz CT molecular complexity index is 1310. The fraction of sp³-hybridized carbons (Fsp3) is 0.357. The van der Waals surface area contributed by atoms with Crippen molar-refractivity contribution in [2.24, 2.45) is 5.41 Å². The number of amides is 1. The second-order valence-electron chi connectivity index (χ2n) is 10.6. The number of halogens is 2. The molecule has 5 nitrogen and oxygen atoms in total. The molecule has 2 aromatic carbocycles. The second kappa shape index (κ2) is 8.60. The van der Waals surface area contributed by atoms with E-state index in [4.69, 9.17) is 0 Å². The molecule has 0 spiro atoms. The lowest BCUT2D eigenvalue weighted by Crippen LogP contribution is -2.51. The number of carbonyl (C=O) groups is 1. The van der Waals surface area contributed by atoms with Crippen molar-refractivity contribution in [1.29, 1.82) is 0 Å². The van der Waals surface area contributed by atoms with Crippen LogP contribution >= 0.6 is 9.24 Å². The Morgan fingerprint density at radius 3 is 2.31 bits per heavy atom. The van der Waals surface area contributed by atoms with Crippen molar-refractivity contribution < 1.29 is 18.7 Å². The van der Waals surface area contributed by atoms with Gasteiger partial charge in [-0.15, -0.1) is 0 Å². The summed E-state index contributed by atoms with van der Waals surface area (Å²) in [5.41, 5.74) is -2.68. The minimum absolute atomic E-state index is 0.0969. The van der Waals surface area contributed by atoms with Gasteiger partial charge in [0.05, 0.1) is 0 Å². The Labute approximate surface area is 212 Å². The molecule has 2 atom stereocenters. The van der Waals surface area contributed by atoms with Gasteiger partial charge in [-0.05, 0) is 34.9 Å². The summed E-state index contributed by atoms with van der Waals surface area (Å²) in [5, 5.41) is 11.7. The zero-order valence-electron chi connectivity index (χ0n) is 20.6. The summed E-state index contributed by atoms with van der Waals surface area (Å²) in [4.78, 5) is 21.0. The molecule has 0 saturated carbocycles. The Hall–Kier alpha value is -2.89. The van der Waals surface area contributed by atoms with Crippen LogP contribution in [-0.4, -0.2) is 52.7 Å². The van der Waals surface area contributed by atoms with Crippen molar-refractivity contribution in [2.75, 3.05) is 31.1 Å². The van der Waals surface area contributed by atoms with Gasteiger partial charge in [-0.25, -0.2) is 0 Å². The van der Waals surface area contributed by atoms with Gasteiger partial charge >= 0.3 is 0 Å². The summed E-state index contributed by atoms with van der Waals surface area (Å²) in [6.07, 6.45) is 3.37. The number of alkyl halides is 2. The monoisotopic (exact) mass is 509 g/mol. The predicted molar refractivity (Wildman–Crippen MR) is 141 cm³/mol. The lowest BCUT2D eigenvalue weighted by Gasteiger charge is -2.39. The Balaban J connectivity index is 1.64. The van der Waals surface area contributed by atoms with Crippen LogP contribution < -0.4 is 4.90 Å². The summed E-state index contributed by atoms with van der Waals surface area (Å²) in [7, 11) is 1.54. The standard InChI is InChI=1S/C28H30F2N3O2P/c1-26(2,3)25(34)33-13-11-32(12-14-33)19-15-21(18-7-6-10-31-17-18)24-20-8-4-5-9-22(20)27(35,23(24)16-19)28(29,30)36/h4-10,15-17,35H,11-14,36H2,1-3H3. The van der Waals surface area contributed by atoms with E-state index in [1.54, 1.807) is 42.7 Å². The van der Waals surface area contributed by atoms with Gasteiger partial charge in [-0.3, -0.25) is 9.78 Å². The lowest BCUT2D eigenvalue weighted by atomic mass is 9.89. The largest absolute Gasteiger partial charge is 0.374 e. The molecule has 0 radical (unpaired) electrons.